The van der Waals surface area contributed by atoms with E-state index in [1.165, 1.54) is 0 Å². The van der Waals surface area contributed by atoms with E-state index < -0.39 is 0 Å². The van der Waals surface area contributed by atoms with Gasteiger partial charge in [0.25, 0.3) is 5.91 Å². The average molecular weight is 327 g/mol. The second-order valence-electron chi connectivity index (χ2n) is 7.95. The number of benzene rings is 1. The standard InChI is InChI=1S/C19H25N3O2/c1-18(2,3)13-10-12(11-14(15(13)23)19(4,5)6)16(24)22-17-20-8-7-9-21-17/h7-11,23H,1-6H3,(H,20,21,22,24). The normalized spacial score (nSPS) is 12.1. The van der Waals surface area contributed by atoms with Crippen molar-refractivity contribution >= 4 is 11.9 Å². The van der Waals surface area contributed by atoms with E-state index in [4.69, 9.17) is 0 Å². The van der Waals surface area contributed by atoms with Gasteiger partial charge in [0, 0.05) is 29.1 Å². The minimum absolute atomic E-state index is 0.252. The lowest BCUT2D eigenvalue weighted by Gasteiger charge is -2.28. The third-order valence-corrected chi connectivity index (χ3v) is 3.78. The van der Waals surface area contributed by atoms with Crippen molar-refractivity contribution in [3.05, 3.63) is 47.3 Å². The summed E-state index contributed by atoms with van der Waals surface area (Å²) in [6.45, 7) is 12.1. The minimum Gasteiger partial charge on any atom is -0.507 e. The highest BCUT2D eigenvalue weighted by molar-refractivity contribution is 6.03. The SMILES string of the molecule is CC(C)(C)c1cc(C(=O)Nc2ncccn2)cc(C(C)(C)C)c1O. The van der Waals surface area contributed by atoms with E-state index in [-0.39, 0.29) is 28.4 Å². The number of nitrogens with one attached hydrogen (secondary N) is 1. The van der Waals surface area contributed by atoms with Crippen LogP contribution in [0.4, 0.5) is 5.95 Å². The Morgan fingerprint density at radius 1 is 0.958 bits per heavy atom. The Morgan fingerprint density at radius 3 is 1.83 bits per heavy atom. The van der Waals surface area contributed by atoms with Crippen LogP contribution in [0.5, 0.6) is 5.75 Å². The Morgan fingerprint density at radius 2 is 1.42 bits per heavy atom. The molecule has 0 spiro atoms. The summed E-state index contributed by atoms with van der Waals surface area (Å²) in [6, 6.07) is 5.16. The van der Waals surface area contributed by atoms with Crippen LogP contribution in [0, 0.1) is 0 Å². The van der Waals surface area contributed by atoms with Gasteiger partial charge in [0.05, 0.1) is 0 Å². The van der Waals surface area contributed by atoms with Crippen LogP contribution < -0.4 is 5.32 Å². The predicted molar refractivity (Wildman–Crippen MR) is 95.5 cm³/mol. The number of anilines is 1. The summed E-state index contributed by atoms with van der Waals surface area (Å²) < 4.78 is 0. The van der Waals surface area contributed by atoms with Crippen LogP contribution in [0.2, 0.25) is 0 Å². The third kappa shape index (κ3) is 3.91. The van der Waals surface area contributed by atoms with Gasteiger partial charge in [-0.05, 0) is 29.0 Å². The molecule has 0 fully saturated rings. The number of amides is 1. The van der Waals surface area contributed by atoms with Crippen LogP contribution in [0.1, 0.15) is 63.0 Å². The molecule has 0 unspecified atom stereocenters. The van der Waals surface area contributed by atoms with Crippen LogP contribution in [0.3, 0.4) is 0 Å². The third-order valence-electron chi connectivity index (χ3n) is 3.78. The summed E-state index contributed by atoms with van der Waals surface area (Å²) in [5.41, 5.74) is 1.39. The molecule has 0 radical (unpaired) electrons. The first kappa shape index (κ1) is 17.9. The van der Waals surface area contributed by atoms with Crippen molar-refractivity contribution in [2.75, 3.05) is 5.32 Å². The van der Waals surface area contributed by atoms with Gasteiger partial charge in [-0.15, -0.1) is 0 Å². The summed E-state index contributed by atoms with van der Waals surface area (Å²) in [5, 5.41) is 13.4. The molecule has 5 heteroatoms. The van der Waals surface area contributed by atoms with Crippen molar-refractivity contribution in [3.8, 4) is 5.75 Å². The van der Waals surface area contributed by atoms with Gasteiger partial charge in [-0.3, -0.25) is 10.1 Å². The zero-order valence-electron chi connectivity index (χ0n) is 15.1. The molecule has 0 saturated heterocycles. The van der Waals surface area contributed by atoms with Crippen molar-refractivity contribution in [1.82, 2.24) is 9.97 Å². The Balaban J connectivity index is 2.52. The minimum atomic E-state index is -0.294. The van der Waals surface area contributed by atoms with E-state index >= 15 is 0 Å². The smallest absolute Gasteiger partial charge is 0.258 e. The number of hydrogen-bond donors (Lipinski definition) is 2. The summed E-state index contributed by atoms with van der Waals surface area (Å²) >= 11 is 0. The van der Waals surface area contributed by atoms with E-state index in [1.54, 1.807) is 30.6 Å². The van der Waals surface area contributed by atoms with Gasteiger partial charge < -0.3 is 5.11 Å². The number of hydrogen-bond acceptors (Lipinski definition) is 4. The number of carbonyl (C=O) groups excluding carboxylic acids is 1. The fraction of sp³-hybridized carbons (Fsp3) is 0.421. The molecule has 0 aliphatic carbocycles. The highest BCUT2D eigenvalue weighted by Gasteiger charge is 2.27. The molecule has 0 bridgehead atoms. The lowest BCUT2D eigenvalue weighted by molar-refractivity contribution is 0.102. The lowest BCUT2D eigenvalue weighted by atomic mass is 9.78. The molecular formula is C19H25N3O2. The quantitative estimate of drug-likeness (QED) is 0.873. The van der Waals surface area contributed by atoms with Crippen molar-refractivity contribution in [1.29, 1.82) is 0 Å². The van der Waals surface area contributed by atoms with Crippen molar-refractivity contribution in [2.24, 2.45) is 0 Å². The van der Waals surface area contributed by atoms with Gasteiger partial charge in [-0.25, -0.2) is 9.97 Å². The van der Waals surface area contributed by atoms with Gasteiger partial charge in [0.2, 0.25) is 5.95 Å². The first-order chi connectivity index (χ1) is 11.0. The number of carbonyl (C=O) groups is 1. The second kappa shape index (κ2) is 6.23. The number of nitrogens with zero attached hydrogens (tertiary/aromatic N) is 2. The zero-order chi connectivity index (χ0) is 18.1. The fourth-order valence-electron chi connectivity index (χ4n) is 2.45. The largest absolute Gasteiger partial charge is 0.507 e. The summed E-state index contributed by atoms with van der Waals surface area (Å²) in [5.74, 6) is 0.213. The van der Waals surface area contributed by atoms with E-state index in [9.17, 15) is 9.90 Å². The number of phenols is 1. The van der Waals surface area contributed by atoms with Crippen molar-refractivity contribution in [2.45, 2.75) is 52.4 Å². The lowest BCUT2D eigenvalue weighted by Crippen LogP contribution is -2.21. The maximum atomic E-state index is 12.6. The number of aromatic hydroxyl groups is 1. The van der Waals surface area contributed by atoms with Crippen LogP contribution in [0.15, 0.2) is 30.6 Å². The van der Waals surface area contributed by atoms with Gasteiger partial charge in [-0.2, -0.15) is 0 Å². The first-order valence-corrected chi connectivity index (χ1v) is 7.96. The van der Waals surface area contributed by atoms with Crippen LogP contribution in [-0.4, -0.2) is 21.0 Å². The molecule has 0 aliphatic rings. The zero-order valence-corrected chi connectivity index (χ0v) is 15.1. The molecule has 128 valence electrons. The Kier molecular flexibility index (Phi) is 4.65. The average Bonchev–Trinajstić information content (AvgIpc) is 2.46. The topological polar surface area (TPSA) is 75.1 Å². The molecule has 2 aromatic rings. The van der Waals surface area contributed by atoms with Gasteiger partial charge in [0.1, 0.15) is 5.75 Å². The fourth-order valence-corrected chi connectivity index (χ4v) is 2.45. The molecule has 0 saturated carbocycles. The maximum absolute atomic E-state index is 12.6. The molecule has 1 heterocycles. The molecule has 1 amide bonds. The summed E-state index contributed by atoms with van der Waals surface area (Å²) in [6.07, 6.45) is 3.14. The van der Waals surface area contributed by atoms with E-state index in [0.717, 1.165) is 11.1 Å². The highest BCUT2D eigenvalue weighted by atomic mass is 16.3. The second-order valence-corrected chi connectivity index (χ2v) is 7.95. The van der Waals surface area contributed by atoms with E-state index in [0.29, 0.717) is 5.56 Å². The van der Waals surface area contributed by atoms with Crippen molar-refractivity contribution < 1.29 is 9.90 Å². The number of rotatable bonds is 2. The number of aromatic nitrogens is 2. The summed E-state index contributed by atoms with van der Waals surface area (Å²) in [7, 11) is 0. The molecule has 2 N–H and O–H groups in total. The molecule has 5 nitrogen and oxygen atoms in total. The molecule has 0 atom stereocenters. The number of phenolic OH excluding ortho intramolecular Hbond substituents is 1. The van der Waals surface area contributed by atoms with Crippen LogP contribution in [0.25, 0.3) is 0 Å². The molecule has 0 aliphatic heterocycles. The monoisotopic (exact) mass is 327 g/mol. The van der Waals surface area contributed by atoms with Crippen molar-refractivity contribution in [3.63, 3.8) is 0 Å². The van der Waals surface area contributed by atoms with Gasteiger partial charge in [0.15, 0.2) is 0 Å². The summed E-state index contributed by atoms with van der Waals surface area (Å²) in [4.78, 5) is 20.6. The Hall–Kier alpha value is -2.43. The van der Waals surface area contributed by atoms with Gasteiger partial charge >= 0.3 is 0 Å². The molecule has 1 aromatic heterocycles. The Labute approximate surface area is 143 Å². The predicted octanol–water partition coefficient (Wildman–Crippen LogP) is 4.03. The Bertz CT molecular complexity index is 706. The molecular weight excluding hydrogens is 302 g/mol. The van der Waals surface area contributed by atoms with E-state index in [1.807, 2.05) is 41.5 Å². The molecule has 24 heavy (non-hydrogen) atoms. The molecule has 2 rings (SSSR count). The molecule has 1 aromatic carbocycles. The highest BCUT2D eigenvalue weighted by Crippen LogP contribution is 2.39. The maximum Gasteiger partial charge on any atom is 0.258 e. The van der Waals surface area contributed by atoms with Crippen LogP contribution in [-0.2, 0) is 10.8 Å². The van der Waals surface area contributed by atoms with Crippen LogP contribution >= 0.6 is 0 Å². The van der Waals surface area contributed by atoms with E-state index in [2.05, 4.69) is 15.3 Å². The van der Waals surface area contributed by atoms with Gasteiger partial charge in [-0.1, -0.05) is 41.5 Å². The first-order valence-electron chi connectivity index (χ1n) is 7.96.